The molecule has 6 heteroatoms. The molecule has 0 aromatic rings. The van der Waals surface area contributed by atoms with E-state index >= 15 is 0 Å². The molecule has 0 amide bonds. The second-order valence-electron chi connectivity index (χ2n) is 5.01. The van der Waals surface area contributed by atoms with Crippen molar-refractivity contribution in [1.29, 1.82) is 0 Å². The van der Waals surface area contributed by atoms with Gasteiger partial charge >= 0.3 is 0 Å². The first-order valence-corrected chi connectivity index (χ1v) is 7.27. The molecule has 0 aromatic carbocycles. The quantitative estimate of drug-likeness (QED) is 0.707. The zero-order valence-electron chi connectivity index (χ0n) is 10.2. The van der Waals surface area contributed by atoms with Crippen LogP contribution in [0.3, 0.4) is 0 Å². The van der Waals surface area contributed by atoms with Crippen molar-refractivity contribution in [2.24, 2.45) is 0 Å². The van der Waals surface area contributed by atoms with Crippen LogP contribution in [0.25, 0.3) is 0 Å². The van der Waals surface area contributed by atoms with E-state index in [1.54, 1.807) is 6.92 Å². The summed E-state index contributed by atoms with van der Waals surface area (Å²) in [5, 5.41) is 12.8. The zero-order valence-corrected chi connectivity index (χ0v) is 11.0. The molecule has 1 fully saturated rings. The van der Waals surface area contributed by atoms with Crippen LogP contribution >= 0.6 is 0 Å². The van der Waals surface area contributed by atoms with Crippen LogP contribution in [-0.4, -0.2) is 54.9 Å². The number of β-amino-alcohol motifs (C(OH)–C–C–N with tert-alkyl or cyclic N) is 1. The molecule has 5 nitrogen and oxygen atoms in total. The molecule has 0 spiro atoms. The summed E-state index contributed by atoms with van der Waals surface area (Å²) in [5.74, 6) is 0.0985. The van der Waals surface area contributed by atoms with E-state index in [-0.39, 0.29) is 18.3 Å². The highest BCUT2D eigenvalue weighted by molar-refractivity contribution is 7.89. The van der Waals surface area contributed by atoms with Crippen molar-refractivity contribution in [3.05, 3.63) is 0 Å². The van der Waals surface area contributed by atoms with Gasteiger partial charge in [0.05, 0.1) is 11.4 Å². The first-order valence-electron chi connectivity index (χ1n) is 5.66. The van der Waals surface area contributed by atoms with E-state index in [1.165, 1.54) is 4.31 Å². The Morgan fingerprint density at radius 1 is 1.50 bits per heavy atom. The first-order chi connectivity index (χ1) is 7.23. The fourth-order valence-corrected chi connectivity index (χ4v) is 3.22. The normalized spacial score (nSPS) is 27.8. The van der Waals surface area contributed by atoms with Crippen LogP contribution in [0, 0.1) is 0 Å². The van der Waals surface area contributed by atoms with Crippen molar-refractivity contribution in [1.82, 2.24) is 9.62 Å². The number of sulfonamides is 1. The summed E-state index contributed by atoms with van der Waals surface area (Å²) in [5.41, 5.74) is -0.863. The maximum absolute atomic E-state index is 11.9. The number of hydrogen-bond acceptors (Lipinski definition) is 4. The number of hydrogen-bond donors (Lipinski definition) is 2. The third kappa shape index (κ3) is 4.01. The summed E-state index contributed by atoms with van der Waals surface area (Å²) in [7, 11) is -3.22. The molecule has 0 aromatic heterocycles. The minimum absolute atomic E-state index is 0.0985. The molecular weight excluding hydrogens is 228 g/mol. The standard InChI is InChI=1S/C10H22N2O3S/c1-9(2)11-5-7-16(14,15)12-6-4-10(3,13)8-12/h9,11,13H,4-8H2,1-3H3. The van der Waals surface area contributed by atoms with Gasteiger partial charge in [-0.3, -0.25) is 0 Å². The lowest BCUT2D eigenvalue weighted by Gasteiger charge is -2.19. The van der Waals surface area contributed by atoms with Crippen LogP contribution in [0.15, 0.2) is 0 Å². The van der Waals surface area contributed by atoms with Crippen LogP contribution in [0.4, 0.5) is 0 Å². The van der Waals surface area contributed by atoms with Gasteiger partial charge in [0.25, 0.3) is 0 Å². The smallest absolute Gasteiger partial charge is 0.215 e. The summed E-state index contributed by atoms with van der Waals surface area (Å²) in [6, 6.07) is 0.289. The Hall–Kier alpha value is -0.170. The molecule has 1 unspecified atom stereocenters. The zero-order chi connectivity index (χ0) is 12.4. The Bertz CT molecular complexity index is 325. The molecule has 1 heterocycles. The second-order valence-corrected chi connectivity index (χ2v) is 7.09. The Morgan fingerprint density at radius 3 is 2.56 bits per heavy atom. The molecule has 2 N–H and O–H groups in total. The van der Waals surface area contributed by atoms with Gasteiger partial charge in [-0.1, -0.05) is 13.8 Å². The van der Waals surface area contributed by atoms with Gasteiger partial charge in [0.1, 0.15) is 0 Å². The Balaban J connectivity index is 2.46. The Kier molecular flexibility index (Phi) is 4.34. The average molecular weight is 250 g/mol. The molecule has 0 radical (unpaired) electrons. The van der Waals surface area contributed by atoms with Crippen LogP contribution in [0.2, 0.25) is 0 Å². The molecule has 0 bridgehead atoms. The van der Waals surface area contributed by atoms with E-state index in [9.17, 15) is 13.5 Å². The maximum atomic E-state index is 11.9. The predicted octanol–water partition coefficient (Wildman–Crippen LogP) is -0.229. The average Bonchev–Trinajstić information content (AvgIpc) is 2.45. The molecule has 16 heavy (non-hydrogen) atoms. The van der Waals surface area contributed by atoms with Gasteiger partial charge in [-0.2, -0.15) is 4.31 Å². The van der Waals surface area contributed by atoms with Crippen molar-refractivity contribution in [2.75, 3.05) is 25.4 Å². The highest BCUT2D eigenvalue weighted by Crippen LogP contribution is 2.22. The van der Waals surface area contributed by atoms with Gasteiger partial charge < -0.3 is 10.4 Å². The van der Waals surface area contributed by atoms with E-state index in [2.05, 4.69) is 5.32 Å². The number of aliphatic hydroxyl groups is 1. The monoisotopic (exact) mass is 250 g/mol. The topological polar surface area (TPSA) is 69.6 Å². The van der Waals surface area contributed by atoms with E-state index in [4.69, 9.17) is 0 Å². The lowest BCUT2D eigenvalue weighted by molar-refractivity contribution is 0.0762. The lowest BCUT2D eigenvalue weighted by atomic mass is 10.1. The SMILES string of the molecule is CC(C)NCCS(=O)(=O)N1CCC(C)(O)C1. The third-order valence-corrected chi connectivity index (χ3v) is 4.54. The molecule has 1 saturated heterocycles. The summed E-state index contributed by atoms with van der Waals surface area (Å²) in [6.45, 7) is 6.74. The van der Waals surface area contributed by atoms with Crippen molar-refractivity contribution < 1.29 is 13.5 Å². The molecular formula is C10H22N2O3S. The Labute approximate surface area is 97.9 Å². The van der Waals surface area contributed by atoms with Crippen LogP contribution in [-0.2, 0) is 10.0 Å². The van der Waals surface area contributed by atoms with E-state index in [0.29, 0.717) is 19.5 Å². The van der Waals surface area contributed by atoms with Crippen LogP contribution in [0.1, 0.15) is 27.2 Å². The van der Waals surface area contributed by atoms with Crippen molar-refractivity contribution in [2.45, 2.75) is 38.8 Å². The molecule has 96 valence electrons. The fraction of sp³-hybridized carbons (Fsp3) is 1.00. The number of nitrogens with one attached hydrogen (secondary N) is 1. The largest absolute Gasteiger partial charge is 0.389 e. The highest BCUT2D eigenvalue weighted by atomic mass is 32.2. The summed E-state index contributed by atoms with van der Waals surface area (Å²) >= 11 is 0. The molecule has 1 aliphatic heterocycles. The Morgan fingerprint density at radius 2 is 2.12 bits per heavy atom. The number of rotatable bonds is 5. The molecule has 0 aliphatic carbocycles. The fourth-order valence-electron chi connectivity index (χ4n) is 1.75. The van der Waals surface area contributed by atoms with Gasteiger partial charge in [0.2, 0.25) is 10.0 Å². The molecule has 0 saturated carbocycles. The van der Waals surface area contributed by atoms with Gasteiger partial charge in [-0.25, -0.2) is 8.42 Å². The van der Waals surface area contributed by atoms with Crippen molar-refractivity contribution in [3.63, 3.8) is 0 Å². The van der Waals surface area contributed by atoms with E-state index in [0.717, 1.165) is 0 Å². The first kappa shape index (κ1) is 13.9. The third-order valence-electron chi connectivity index (χ3n) is 2.72. The summed E-state index contributed by atoms with van der Waals surface area (Å²) in [6.07, 6.45) is 0.518. The predicted molar refractivity (Wildman–Crippen MR) is 63.7 cm³/mol. The lowest BCUT2D eigenvalue weighted by Crippen LogP contribution is -2.38. The van der Waals surface area contributed by atoms with Gasteiger partial charge in [0, 0.05) is 25.7 Å². The molecule has 1 rings (SSSR count). The minimum atomic E-state index is -3.22. The summed E-state index contributed by atoms with van der Waals surface area (Å²) in [4.78, 5) is 0. The number of nitrogens with zero attached hydrogens (tertiary/aromatic N) is 1. The molecule has 1 aliphatic rings. The van der Waals surface area contributed by atoms with Gasteiger partial charge in [-0.05, 0) is 13.3 Å². The second kappa shape index (κ2) is 5.00. The maximum Gasteiger partial charge on any atom is 0.215 e. The van der Waals surface area contributed by atoms with E-state index < -0.39 is 15.6 Å². The van der Waals surface area contributed by atoms with Crippen LogP contribution < -0.4 is 5.32 Å². The van der Waals surface area contributed by atoms with E-state index in [1.807, 2.05) is 13.8 Å². The van der Waals surface area contributed by atoms with Crippen LogP contribution in [0.5, 0.6) is 0 Å². The van der Waals surface area contributed by atoms with Crippen molar-refractivity contribution >= 4 is 10.0 Å². The highest BCUT2D eigenvalue weighted by Gasteiger charge is 2.37. The van der Waals surface area contributed by atoms with Gasteiger partial charge in [-0.15, -0.1) is 0 Å². The van der Waals surface area contributed by atoms with Gasteiger partial charge in [0.15, 0.2) is 0 Å². The minimum Gasteiger partial charge on any atom is -0.389 e. The van der Waals surface area contributed by atoms with Crippen molar-refractivity contribution in [3.8, 4) is 0 Å². The summed E-state index contributed by atoms with van der Waals surface area (Å²) < 4.78 is 25.1. The molecule has 1 atom stereocenters.